The van der Waals surface area contributed by atoms with Gasteiger partial charge in [-0.05, 0) is 17.9 Å². The molecule has 1 aliphatic rings. The van der Waals surface area contributed by atoms with E-state index in [9.17, 15) is 4.79 Å². The van der Waals surface area contributed by atoms with Gasteiger partial charge in [0.15, 0.2) is 0 Å². The van der Waals surface area contributed by atoms with Gasteiger partial charge >= 0.3 is 0 Å². The first-order valence-electron chi connectivity index (χ1n) is 5.77. The molecule has 3 nitrogen and oxygen atoms in total. The maximum atomic E-state index is 11.7. The van der Waals surface area contributed by atoms with Gasteiger partial charge in [0.2, 0.25) is 5.91 Å². The lowest BCUT2D eigenvalue weighted by molar-refractivity contribution is -0.132. The van der Waals surface area contributed by atoms with Gasteiger partial charge in [0.25, 0.3) is 0 Å². The summed E-state index contributed by atoms with van der Waals surface area (Å²) in [5, 5.41) is 2.08. The molecule has 1 aliphatic heterocycles. The van der Waals surface area contributed by atoms with E-state index in [0.717, 1.165) is 13.0 Å². The number of hydrogen-bond donors (Lipinski definition) is 1. The molecule has 88 valence electrons. The molecule has 1 fully saturated rings. The van der Waals surface area contributed by atoms with Crippen molar-refractivity contribution in [2.24, 2.45) is 5.73 Å². The van der Waals surface area contributed by atoms with Crippen LogP contribution in [0.25, 0.3) is 0 Å². The second kappa shape index (κ2) is 4.97. The Bertz CT molecular complexity index is 350. The highest BCUT2D eigenvalue weighted by atomic mass is 32.1. The van der Waals surface area contributed by atoms with Crippen LogP contribution in [0.1, 0.15) is 30.6 Å². The first kappa shape index (κ1) is 11.6. The van der Waals surface area contributed by atoms with Crippen molar-refractivity contribution in [3.8, 4) is 0 Å². The van der Waals surface area contributed by atoms with E-state index >= 15 is 0 Å². The highest BCUT2D eigenvalue weighted by molar-refractivity contribution is 7.10. The van der Waals surface area contributed by atoms with Gasteiger partial charge in [0, 0.05) is 36.3 Å². The van der Waals surface area contributed by atoms with Crippen LogP contribution in [0.4, 0.5) is 0 Å². The lowest BCUT2D eigenvalue weighted by Gasteiger charge is -2.35. The molecule has 1 saturated heterocycles. The van der Waals surface area contributed by atoms with Gasteiger partial charge in [-0.3, -0.25) is 4.79 Å². The first-order chi connectivity index (χ1) is 7.70. The van der Waals surface area contributed by atoms with E-state index in [2.05, 4.69) is 17.5 Å². The lowest BCUT2D eigenvalue weighted by atomic mass is 9.93. The number of nitrogens with two attached hydrogens (primary N) is 1. The molecule has 2 N–H and O–H groups in total. The molecule has 2 unspecified atom stereocenters. The number of piperidine rings is 1. The van der Waals surface area contributed by atoms with Gasteiger partial charge in [0.05, 0.1) is 0 Å². The summed E-state index contributed by atoms with van der Waals surface area (Å²) in [6, 6.07) is 4.32. The predicted molar refractivity (Wildman–Crippen MR) is 66.5 cm³/mol. The third-order valence-corrected chi connectivity index (χ3v) is 4.12. The lowest BCUT2D eigenvalue weighted by Crippen LogP contribution is -2.48. The van der Waals surface area contributed by atoms with Crippen LogP contribution in [0.5, 0.6) is 0 Å². The Morgan fingerprint density at radius 3 is 3.06 bits per heavy atom. The van der Waals surface area contributed by atoms with Crippen LogP contribution in [0, 0.1) is 0 Å². The Balaban J connectivity index is 2.08. The number of carbonyl (C=O) groups is 1. The third-order valence-electron chi connectivity index (χ3n) is 3.08. The summed E-state index contributed by atoms with van der Waals surface area (Å²) in [6.07, 6.45) is 1.57. The van der Waals surface area contributed by atoms with Crippen molar-refractivity contribution in [2.45, 2.75) is 31.7 Å². The van der Waals surface area contributed by atoms with Crippen molar-refractivity contribution < 1.29 is 4.79 Å². The fourth-order valence-corrected chi connectivity index (χ4v) is 3.13. The molecule has 1 amide bonds. The van der Waals surface area contributed by atoms with Gasteiger partial charge in [-0.25, -0.2) is 0 Å². The van der Waals surface area contributed by atoms with Gasteiger partial charge in [-0.1, -0.05) is 13.0 Å². The van der Waals surface area contributed by atoms with Crippen LogP contribution in [-0.4, -0.2) is 29.9 Å². The van der Waals surface area contributed by atoms with Crippen LogP contribution < -0.4 is 5.73 Å². The number of hydrogen-bond acceptors (Lipinski definition) is 3. The van der Waals surface area contributed by atoms with Gasteiger partial charge < -0.3 is 10.6 Å². The van der Waals surface area contributed by atoms with Crippen LogP contribution in [-0.2, 0) is 4.79 Å². The number of likely N-dealkylation sites (tertiary alicyclic amines) is 1. The molecule has 0 spiro atoms. The SMILES string of the molecule is CCC(=O)N1CC(N)CC(c2cccs2)C1. The van der Waals surface area contributed by atoms with E-state index in [-0.39, 0.29) is 11.9 Å². The summed E-state index contributed by atoms with van der Waals surface area (Å²) >= 11 is 1.76. The minimum Gasteiger partial charge on any atom is -0.341 e. The standard InChI is InChI=1S/C12H18N2OS/c1-2-12(15)14-7-9(6-10(13)8-14)11-4-3-5-16-11/h3-5,9-10H,2,6-8,13H2,1H3. The normalized spacial score (nSPS) is 25.8. The summed E-state index contributed by atoms with van der Waals surface area (Å²) in [7, 11) is 0. The van der Waals surface area contributed by atoms with Gasteiger partial charge in [0.1, 0.15) is 0 Å². The number of nitrogens with zero attached hydrogens (tertiary/aromatic N) is 1. The molecule has 0 aromatic carbocycles. The maximum absolute atomic E-state index is 11.7. The zero-order valence-electron chi connectivity index (χ0n) is 9.56. The summed E-state index contributed by atoms with van der Waals surface area (Å²) in [6.45, 7) is 3.46. The summed E-state index contributed by atoms with van der Waals surface area (Å²) in [4.78, 5) is 15.0. The topological polar surface area (TPSA) is 46.3 Å². The molecule has 0 radical (unpaired) electrons. The average Bonchev–Trinajstić information content (AvgIpc) is 2.80. The van der Waals surface area contributed by atoms with Crippen molar-refractivity contribution in [1.29, 1.82) is 0 Å². The van der Waals surface area contributed by atoms with Crippen molar-refractivity contribution in [3.63, 3.8) is 0 Å². The smallest absolute Gasteiger partial charge is 0.222 e. The van der Waals surface area contributed by atoms with E-state index in [1.54, 1.807) is 11.3 Å². The third kappa shape index (κ3) is 2.44. The molecule has 2 rings (SSSR count). The van der Waals surface area contributed by atoms with Crippen molar-refractivity contribution in [3.05, 3.63) is 22.4 Å². The van der Waals surface area contributed by atoms with Crippen molar-refractivity contribution >= 4 is 17.2 Å². The van der Waals surface area contributed by atoms with E-state index in [1.165, 1.54) is 4.88 Å². The Labute approximate surface area is 100 Å². The number of carbonyl (C=O) groups excluding carboxylic acids is 1. The fourth-order valence-electron chi connectivity index (χ4n) is 2.30. The minimum absolute atomic E-state index is 0.122. The summed E-state index contributed by atoms with van der Waals surface area (Å²) in [5.41, 5.74) is 6.02. The predicted octanol–water partition coefficient (Wildman–Crippen LogP) is 1.80. The molecule has 0 bridgehead atoms. The second-order valence-electron chi connectivity index (χ2n) is 4.36. The zero-order chi connectivity index (χ0) is 11.5. The van der Waals surface area contributed by atoms with Crippen LogP contribution >= 0.6 is 11.3 Å². The Hall–Kier alpha value is -0.870. The molecule has 1 aromatic heterocycles. The minimum atomic E-state index is 0.122. The second-order valence-corrected chi connectivity index (χ2v) is 5.34. The van der Waals surface area contributed by atoms with Gasteiger partial charge in [-0.15, -0.1) is 11.3 Å². The van der Waals surface area contributed by atoms with E-state index in [0.29, 0.717) is 18.9 Å². The molecule has 0 aliphatic carbocycles. The summed E-state index contributed by atoms with van der Waals surface area (Å²) < 4.78 is 0. The maximum Gasteiger partial charge on any atom is 0.222 e. The van der Waals surface area contributed by atoms with E-state index in [1.807, 2.05) is 11.8 Å². The largest absolute Gasteiger partial charge is 0.341 e. The molecular weight excluding hydrogens is 220 g/mol. The monoisotopic (exact) mass is 238 g/mol. The molecular formula is C12H18N2OS. The Kier molecular flexibility index (Phi) is 3.61. The van der Waals surface area contributed by atoms with Crippen molar-refractivity contribution in [1.82, 2.24) is 4.90 Å². The van der Waals surface area contributed by atoms with Crippen molar-refractivity contribution in [2.75, 3.05) is 13.1 Å². The fraction of sp³-hybridized carbons (Fsp3) is 0.583. The molecule has 2 heterocycles. The molecule has 2 atom stereocenters. The Morgan fingerprint density at radius 1 is 1.62 bits per heavy atom. The molecule has 16 heavy (non-hydrogen) atoms. The number of amides is 1. The highest BCUT2D eigenvalue weighted by Gasteiger charge is 2.28. The average molecular weight is 238 g/mol. The number of rotatable bonds is 2. The molecule has 1 aromatic rings. The van der Waals surface area contributed by atoms with Crippen LogP contribution in [0.15, 0.2) is 17.5 Å². The first-order valence-corrected chi connectivity index (χ1v) is 6.65. The molecule has 0 saturated carbocycles. The molecule has 4 heteroatoms. The van der Waals surface area contributed by atoms with Crippen LogP contribution in [0.2, 0.25) is 0 Å². The zero-order valence-corrected chi connectivity index (χ0v) is 10.4. The quantitative estimate of drug-likeness (QED) is 0.854. The van der Waals surface area contributed by atoms with E-state index < -0.39 is 0 Å². The highest BCUT2D eigenvalue weighted by Crippen LogP contribution is 2.29. The Morgan fingerprint density at radius 2 is 2.44 bits per heavy atom. The van der Waals surface area contributed by atoms with E-state index in [4.69, 9.17) is 5.73 Å². The summed E-state index contributed by atoms with van der Waals surface area (Å²) in [5.74, 6) is 0.649. The number of thiophene rings is 1. The van der Waals surface area contributed by atoms with Crippen LogP contribution in [0.3, 0.4) is 0 Å². The van der Waals surface area contributed by atoms with Gasteiger partial charge in [-0.2, -0.15) is 0 Å².